The van der Waals surface area contributed by atoms with E-state index in [1.54, 1.807) is 0 Å². The molecule has 0 heterocycles. The van der Waals surface area contributed by atoms with Gasteiger partial charge in [0.15, 0.2) is 11.1 Å². The highest BCUT2D eigenvalue weighted by Crippen LogP contribution is 2.16. The minimum atomic E-state index is -0.440. The van der Waals surface area contributed by atoms with Crippen LogP contribution in [0.1, 0.15) is 22.3 Å². The Labute approximate surface area is 125 Å². The summed E-state index contributed by atoms with van der Waals surface area (Å²) in [7, 11) is 0. The van der Waals surface area contributed by atoms with Gasteiger partial charge in [0.05, 0.1) is 0 Å². The number of aryl methyl sites for hydroxylation is 3. The lowest BCUT2D eigenvalue weighted by atomic mass is 10.0. The Bertz CT molecular complexity index is 652. The molecule has 0 radical (unpaired) electrons. The fourth-order valence-corrected chi connectivity index (χ4v) is 1.79. The number of nitriles is 4. The number of benzene rings is 1. The normalized spacial score (nSPS) is 7.76. The second kappa shape index (κ2) is 8.71. The molecule has 0 atom stereocenters. The SMILES string of the molecule is C=Cc1c(C)cc(C)cc1C.N#CC(C#N)=C(C#N)C#N. The van der Waals surface area contributed by atoms with E-state index in [-0.39, 0.29) is 0 Å². The lowest BCUT2D eigenvalue weighted by molar-refractivity contribution is 1.30. The molecule has 1 aromatic rings. The zero-order valence-corrected chi connectivity index (χ0v) is 12.2. The predicted molar refractivity (Wildman–Crippen MR) is 80.2 cm³/mol. The fraction of sp³-hybridized carbons (Fsp3) is 0.176. The van der Waals surface area contributed by atoms with E-state index >= 15 is 0 Å². The van der Waals surface area contributed by atoms with Crippen molar-refractivity contribution in [3.05, 3.63) is 52.1 Å². The maximum Gasteiger partial charge on any atom is 0.158 e. The third-order valence-electron chi connectivity index (χ3n) is 2.64. The summed E-state index contributed by atoms with van der Waals surface area (Å²) in [5, 5.41) is 32.5. The molecular weight excluding hydrogens is 260 g/mol. The molecule has 0 saturated carbocycles. The van der Waals surface area contributed by atoms with Crippen molar-refractivity contribution in [2.24, 2.45) is 0 Å². The molecule has 0 N–H and O–H groups in total. The molecule has 21 heavy (non-hydrogen) atoms. The molecule has 0 fully saturated rings. The molecule has 0 aromatic heterocycles. The average Bonchev–Trinajstić information content (AvgIpc) is 2.44. The van der Waals surface area contributed by atoms with Crippen LogP contribution in [0.3, 0.4) is 0 Å². The Hall–Kier alpha value is -3.34. The van der Waals surface area contributed by atoms with Crippen LogP contribution in [-0.4, -0.2) is 0 Å². The van der Waals surface area contributed by atoms with E-state index in [1.165, 1.54) is 46.5 Å². The van der Waals surface area contributed by atoms with Gasteiger partial charge in [0, 0.05) is 0 Å². The van der Waals surface area contributed by atoms with E-state index in [2.05, 4.69) is 39.5 Å². The number of nitrogens with zero attached hydrogens (tertiary/aromatic N) is 4. The van der Waals surface area contributed by atoms with Gasteiger partial charge in [-0.1, -0.05) is 30.4 Å². The standard InChI is InChI=1S/C11H14.C6N4/c1-5-11-9(3)6-8(2)7-10(11)4;7-1-5(2-8)6(3-9)4-10/h5-7H,1H2,2-4H3;. The van der Waals surface area contributed by atoms with Gasteiger partial charge in [0.2, 0.25) is 0 Å². The minimum Gasteiger partial charge on any atom is -0.192 e. The minimum absolute atomic E-state index is 0.440. The highest BCUT2D eigenvalue weighted by Gasteiger charge is 2.02. The van der Waals surface area contributed by atoms with E-state index in [1.807, 2.05) is 6.08 Å². The molecule has 102 valence electrons. The van der Waals surface area contributed by atoms with Crippen LogP contribution in [0.5, 0.6) is 0 Å². The summed E-state index contributed by atoms with van der Waals surface area (Å²) in [6, 6.07) is 10.1. The first-order valence-corrected chi connectivity index (χ1v) is 6.00. The number of hydrogen-bond donors (Lipinski definition) is 0. The van der Waals surface area contributed by atoms with Crippen molar-refractivity contribution in [1.29, 1.82) is 21.0 Å². The lowest BCUT2D eigenvalue weighted by Gasteiger charge is -2.05. The van der Waals surface area contributed by atoms with Crippen LogP contribution < -0.4 is 0 Å². The van der Waals surface area contributed by atoms with Crippen LogP contribution in [0.2, 0.25) is 0 Å². The molecule has 1 aromatic carbocycles. The Morgan fingerprint density at radius 1 is 0.857 bits per heavy atom. The number of rotatable bonds is 1. The van der Waals surface area contributed by atoms with E-state index < -0.39 is 11.1 Å². The molecule has 0 saturated heterocycles. The van der Waals surface area contributed by atoms with Crippen LogP contribution >= 0.6 is 0 Å². The predicted octanol–water partition coefficient (Wildman–Crippen LogP) is 3.63. The topological polar surface area (TPSA) is 95.2 Å². The third-order valence-corrected chi connectivity index (χ3v) is 2.64. The molecule has 0 aliphatic heterocycles. The molecular formula is C17H14N4. The fourth-order valence-electron chi connectivity index (χ4n) is 1.79. The molecule has 0 unspecified atom stereocenters. The van der Waals surface area contributed by atoms with Crippen LogP contribution in [0.4, 0.5) is 0 Å². The molecule has 0 spiro atoms. The molecule has 0 aliphatic carbocycles. The van der Waals surface area contributed by atoms with E-state index in [4.69, 9.17) is 21.0 Å². The van der Waals surface area contributed by atoms with Crippen molar-refractivity contribution in [3.8, 4) is 24.3 Å². The van der Waals surface area contributed by atoms with Gasteiger partial charge in [0.25, 0.3) is 0 Å². The quantitative estimate of drug-likeness (QED) is 0.730. The maximum atomic E-state index is 8.13. The molecule has 4 heteroatoms. The van der Waals surface area contributed by atoms with E-state index in [9.17, 15) is 0 Å². The van der Waals surface area contributed by atoms with Crippen molar-refractivity contribution in [2.45, 2.75) is 20.8 Å². The zero-order valence-electron chi connectivity index (χ0n) is 12.2. The molecule has 4 nitrogen and oxygen atoms in total. The molecule has 1 rings (SSSR count). The van der Waals surface area contributed by atoms with Gasteiger partial charge < -0.3 is 0 Å². The largest absolute Gasteiger partial charge is 0.192 e. The summed E-state index contributed by atoms with van der Waals surface area (Å²) >= 11 is 0. The highest BCUT2D eigenvalue weighted by atomic mass is 14.3. The molecule has 0 bridgehead atoms. The summed E-state index contributed by atoms with van der Waals surface area (Å²) in [4.78, 5) is 0. The smallest absolute Gasteiger partial charge is 0.158 e. The van der Waals surface area contributed by atoms with Crippen molar-refractivity contribution < 1.29 is 0 Å². The van der Waals surface area contributed by atoms with Gasteiger partial charge in [-0.3, -0.25) is 0 Å². The van der Waals surface area contributed by atoms with Gasteiger partial charge in [-0.2, -0.15) is 21.0 Å². The average molecular weight is 274 g/mol. The van der Waals surface area contributed by atoms with Gasteiger partial charge >= 0.3 is 0 Å². The van der Waals surface area contributed by atoms with Crippen LogP contribution in [0, 0.1) is 66.1 Å². The second-order valence-corrected chi connectivity index (χ2v) is 4.21. The monoisotopic (exact) mass is 274 g/mol. The maximum absolute atomic E-state index is 8.13. The van der Waals surface area contributed by atoms with Crippen molar-refractivity contribution >= 4 is 6.08 Å². The first-order valence-electron chi connectivity index (χ1n) is 6.00. The molecule has 0 amide bonds. The first kappa shape index (κ1) is 17.7. The van der Waals surface area contributed by atoms with Gasteiger partial charge in [0.1, 0.15) is 24.3 Å². The first-order chi connectivity index (χ1) is 9.94. The van der Waals surface area contributed by atoms with Crippen LogP contribution in [0.15, 0.2) is 29.9 Å². The van der Waals surface area contributed by atoms with Gasteiger partial charge in [-0.05, 0) is 37.5 Å². The third kappa shape index (κ3) is 5.04. The summed E-state index contributed by atoms with van der Waals surface area (Å²) in [5.74, 6) is 0. The van der Waals surface area contributed by atoms with Crippen molar-refractivity contribution in [3.63, 3.8) is 0 Å². The summed E-state index contributed by atoms with van der Waals surface area (Å²) in [6.45, 7) is 10.1. The second-order valence-electron chi connectivity index (χ2n) is 4.21. The van der Waals surface area contributed by atoms with Crippen molar-refractivity contribution in [1.82, 2.24) is 0 Å². The summed E-state index contributed by atoms with van der Waals surface area (Å²) < 4.78 is 0. The summed E-state index contributed by atoms with van der Waals surface area (Å²) in [6.07, 6.45) is 1.92. The van der Waals surface area contributed by atoms with Gasteiger partial charge in [-0.15, -0.1) is 0 Å². The van der Waals surface area contributed by atoms with Crippen molar-refractivity contribution in [2.75, 3.05) is 0 Å². The Kier molecular flexibility index (Phi) is 7.32. The Balaban J connectivity index is 0.000000384. The molecule has 0 aliphatic rings. The number of allylic oxidation sites excluding steroid dienone is 2. The van der Waals surface area contributed by atoms with E-state index in [0.717, 1.165) is 0 Å². The Morgan fingerprint density at radius 3 is 1.43 bits per heavy atom. The van der Waals surface area contributed by atoms with Gasteiger partial charge in [-0.25, -0.2) is 0 Å². The highest BCUT2D eigenvalue weighted by molar-refractivity contribution is 5.56. The lowest BCUT2D eigenvalue weighted by Crippen LogP contribution is -1.87. The summed E-state index contributed by atoms with van der Waals surface area (Å²) in [5.41, 5.74) is 4.35. The van der Waals surface area contributed by atoms with E-state index in [0.29, 0.717) is 0 Å². The Morgan fingerprint density at radius 2 is 1.19 bits per heavy atom. The zero-order chi connectivity index (χ0) is 16.4. The van der Waals surface area contributed by atoms with Crippen LogP contribution in [-0.2, 0) is 0 Å². The number of hydrogen-bond acceptors (Lipinski definition) is 4. The van der Waals surface area contributed by atoms with Crippen LogP contribution in [0.25, 0.3) is 6.08 Å².